The zero-order valence-corrected chi connectivity index (χ0v) is 8.57. The Labute approximate surface area is 90.5 Å². The molecule has 0 saturated heterocycles. The number of nitrogens with one attached hydrogen (secondary N) is 1. The SMILES string of the molecule is O=c1ccn(Cc2ccncn2)c(=S)[nH]1. The van der Waals surface area contributed by atoms with Crippen LogP contribution >= 0.6 is 12.2 Å². The van der Waals surface area contributed by atoms with Gasteiger partial charge < -0.3 is 4.57 Å². The van der Waals surface area contributed by atoms with Gasteiger partial charge in [-0.1, -0.05) is 0 Å². The summed E-state index contributed by atoms with van der Waals surface area (Å²) in [5.74, 6) is 0. The number of H-pyrrole nitrogens is 1. The Kier molecular flexibility index (Phi) is 2.68. The quantitative estimate of drug-likeness (QED) is 0.758. The van der Waals surface area contributed by atoms with Gasteiger partial charge in [0.15, 0.2) is 4.77 Å². The second-order valence-electron chi connectivity index (χ2n) is 2.94. The Bertz CT molecular complexity index is 560. The Morgan fingerprint density at radius 2 is 2.33 bits per heavy atom. The van der Waals surface area contributed by atoms with E-state index in [9.17, 15) is 4.79 Å². The summed E-state index contributed by atoms with van der Waals surface area (Å²) in [4.78, 5) is 21.4. The summed E-state index contributed by atoms with van der Waals surface area (Å²) >= 11 is 5.00. The van der Waals surface area contributed by atoms with Gasteiger partial charge in [0.25, 0.3) is 5.56 Å². The molecule has 0 radical (unpaired) electrons. The number of aromatic nitrogens is 4. The first-order chi connectivity index (χ1) is 7.25. The molecule has 15 heavy (non-hydrogen) atoms. The first-order valence-corrected chi connectivity index (χ1v) is 4.71. The standard InChI is InChI=1S/C9H8N4OS/c14-8-2-4-13(9(15)12-8)5-7-1-3-10-6-11-7/h1-4,6H,5H2,(H,12,14,15). The number of nitrogens with zero attached hydrogens (tertiary/aromatic N) is 3. The molecule has 0 unspecified atom stereocenters. The summed E-state index contributed by atoms with van der Waals surface area (Å²) in [6.07, 6.45) is 4.78. The van der Waals surface area contributed by atoms with Crippen LogP contribution in [0.2, 0.25) is 0 Å². The maximum atomic E-state index is 10.9. The van der Waals surface area contributed by atoms with E-state index in [0.29, 0.717) is 11.3 Å². The molecule has 0 fully saturated rings. The highest BCUT2D eigenvalue weighted by atomic mass is 32.1. The Morgan fingerprint density at radius 3 is 3.00 bits per heavy atom. The molecule has 0 aliphatic heterocycles. The van der Waals surface area contributed by atoms with Gasteiger partial charge >= 0.3 is 0 Å². The van der Waals surface area contributed by atoms with Crippen LogP contribution in [-0.2, 0) is 6.54 Å². The highest BCUT2D eigenvalue weighted by Gasteiger charge is 1.96. The van der Waals surface area contributed by atoms with E-state index < -0.39 is 0 Å². The van der Waals surface area contributed by atoms with Crippen molar-refractivity contribution in [2.75, 3.05) is 0 Å². The van der Waals surface area contributed by atoms with Gasteiger partial charge in [0.05, 0.1) is 12.2 Å². The third kappa shape index (κ3) is 2.35. The largest absolute Gasteiger partial charge is 0.319 e. The lowest BCUT2D eigenvalue weighted by molar-refractivity contribution is 0.724. The van der Waals surface area contributed by atoms with Crippen LogP contribution in [0.15, 0.2) is 35.6 Å². The highest BCUT2D eigenvalue weighted by Crippen LogP contribution is 1.96. The molecule has 2 aromatic rings. The van der Waals surface area contributed by atoms with Crippen molar-refractivity contribution in [2.45, 2.75) is 6.54 Å². The van der Waals surface area contributed by atoms with Crippen molar-refractivity contribution in [3.05, 3.63) is 51.7 Å². The zero-order valence-electron chi connectivity index (χ0n) is 7.75. The van der Waals surface area contributed by atoms with Gasteiger partial charge in [-0.15, -0.1) is 0 Å². The molecule has 0 aliphatic rings. The van der Waals surface area contributed by atoms with Crippen molar-refractivity contribution < 1.29 is 0 Å². The molecule has 1 N–H and O–H groups in total. The second-order valence-corrected chi connectivity index (χ2v) is 3.33. The third-order valence-electron chi connectivity index (χ3n) is 1.87. The van der Waals surface area contributed by atoms with Crippen molar-refractivity contribution >= 4 is 12.2 Å². The molecule has 0 amide bonds. The summed E-state index contributed by atoms with van der Waals surface area (Å²) in [6.45, 7) is 0.526. The maximum absolute atomic E-state index is 10.9. The number of aromatic amines is 1. The average molecular weight is 220 g/mol. The molecule has 2 heterocycles. The van der Waals surface area contributed by atoms with Crippen LogP contribution in [0.5, 0.6) is 0 Å². The van der Waals surface area contributed by atoms with Gasteiger partial charge in [0, 0.05) is 18.5 Å². The van der Waals surface area contributed by atoms with Gasteiger partial charge in [0.1, 0.15) is 6.33 Å². The van der Waals surface area contributed by atoms with Crippen LogP contribution in [0.3, 0.4) is 0 Å². The monoisotopic (exact) mass is 220 g/mol. The normalized spacial score (nSPS) is 10.1. The van der Waals surface area contributed by atoms with Crippen LogP contribution < -0.4 is 5.56 Å². The van der Waals surface area contributed by atoms with Crippen LogP contribution in [0, 0.1) is 4.77 Å². The minimum Gasteiger partial charge on any atom is -0.319 e. The van der Waals surface area contributed by atoms with E-state index in [-0.39, 0.29) is 5.56 Å². The highest BCUT2D eigenvalue weighted by molar-refractivity contribution is 7.71. The molecule has 0 spiro atoms. The fourth-order valence-corrected chi connectivity index (χ4v) is 1.38. The van der Waals surface area contributed by atoms with Crippen LogP contribution in [0.4, 0.5) is 0 Å². The van der Waals surface area contributed by atoms with E-state index >= 15 is 0 Å². The van der Waals surface area contributed by atoms with Crippen LogP contribution in [-0.4, -0.2) is 19.5 Å². The predicted octanol–water partition coefficient (Wildman–Crippen LogP) is 0.744. The fraction of sp³-hybridized carbons (Fsp3) is 0.111. The Morgan fingerprint density at radius 1 is 1.47 bits per heavy atom. The summed E-state index contributed by atoms with van der Waals surface area (Å²) in [5, 5.41) is 0. The van der Waals surface area contributed by atoms with Gasteiger partial charge in [-0.2, -0.15) is 0 Å². The second kappa shape index (κ2) is 4.14. The van der Waals surface area contributed by atoms with Gasteiger partial charge in [-0.25, -0.2) is 9.97 Å². The third-order valence-corrected chi connectivity index (χ3v) is 2.21. The van der Waals surface area contributed by atoms with E-state index in [1.165, 1.54) is 12.4 Å². The molecule has 0 bridgehead atoms. The molecule has 5 nitrogen and oxygen atoms in total. The summed E-state index contributed by atoms with van der Waals surface area (Å²) in [7, 11) is 0. The van der Waals surface area contributed by atoms with E-state index in [1.54, 1.807) is 23.0 Å². The van der Waals surface area contributed by atoms with Crippen molar-refractivity contribution in [2.24, 2.45) is 0 Å². The van der Waals surface area contributed by atoms with Crippen LogP contribution in [0.25, 0.3) is 0 Å². The summed E-state index contributed by atoms with van der Waals surface area (Å²) in [6, 6.07) is 3.23. The molecule has 76 valence electrons. The lowest BCUT2D eigenvalue weighted by atomic mass is 10.4. The van der Waals surface area contributed by atoms with E-state index in [4.69, 9.17) is 12.2 Å². The van der Waals surface area contributed by atoms with Crippen molar-refractivity contribution in [1.82, 2.24) is 19.5 Å². The number of hydrogen-bond donors (Lipinski definition) is 1. The number of rotatable bonds is 2. The fourth-order valence-electron chi connectivity index (χ4n) is 1.15. The Hall–Kier alpha value is -1.82. The minimum absolute atomic E-state index is 0.195. The van der Waals surface area contributed by atoms with Gasteiger partial charge in [0.2, 0.25) is 0 Å². The van der Waals surface area contributed by atoms with E-state index in [2.05, 4.69) is 15.0 Å². The summed E-state index contributed by atoms with van der Waals surface area (Å²) in [5.41, 5.74) is 0.645. The topological polar surface area (TPSA) is 63.6 Å². The van der Waals surface area contributed by atoms with E-state index in [0.717, 1.165) is 5.69 Å². The zero-order chi connectivity index (χ0) is 10.7. The predicted molar refractivity (Wildman–Crippen MR) is 57.0 cm³/mol. The molecular weight excluding hydrogens is 212 g/mol. The molecule has 6 heteroatoms. The lowest BCUT2D eigenvalue weighted by Gasteiger charge is -2.04. The molecule has 2 rings (SSSR count). The summed E-state index contributed by atoms with van der Waals surface area (Å²) < 4.78 is 2.13. The number of hydrogen-bond acceptors (Lipinski definition) is 4. The van der Waals surface area contributed by atoms with Gasteiger partial charge in [-0.3, -0.25) is 9.78 Å². The van der Waals surface area contributed by atoms with Crippen molar-refractivity contribution in [3.8, 4) is 0 Å². The van der Waals surface area contributed by atoms with E-state index in [1.807, 2.05) is 0 Å². The van der Waals surface area contributed by atoms with Crippen LogP contribution in [0.1, 0.15) is 5.69 Å². The first kappa shape index (κ1) is 9.72. The lowest BCUT2D eigenvalue weighted by Crippen LogP contribution is -2.12. The first-order valence-electron chi connectivity index (χ1n) is 4.30. The molecule has 2 aromatic heterocycles. The molecule has 0 aliphatic carbocycles. The molecule has 0 aromatic carbocycles. The minimum atomic E-state index is -0.195. The average Bonchev–Trinajstić information content (AvgIpc) is 2.24. The Balaban J connectivity index is 2.33. The maximum Gasteiger partial charge on any atom is 0.251 e. The molecular formula is C9H8N4OS. The van der Waals surface area contributed by atoms with Crippen molar-refractivity contribution in [3.63, 3.8) is 0 Å². The smallest absolute Gasteiger partial charge is 0.251 e. The molecule has 0 atom stereocenters. The molecule has 0 saturated carbocycles. The van der Waals surface area contributed by atoms with Gasteiger partial charge in [-0.05, 0) is 18.3 Å². The van der Waals surface area contributed by atoms with Crippen molar-refractivity contribution in [1.29, 1.82) is 0 Å².